The van der Waals surface area contributed by atoms with Crippen molar-refractivity contribution in [3.05, 3.63) is 48.0 Å². The fraction of sp³-hybridized carbons (Fsp3) is 0.444. The lowest BCUT2D eigenvalue weighted by atomic mass is 10.1. The number of amides is 1. The highest BCUT2D eigenvalue weighted by molar-refractivity contribution is 5.75. The number of hydrogen-bond acceptors (Lipinski definition) is 4. The summed E-state index contributed by atoms with van der Waals surface area (Å²) in [5.74, 6) is 0.148. The third-order valence-electron chi connectivity index (χ3n) is 4.32. The zero-order valence-electron chi connectivity index (χ0n) is 14.1. The van der Waals surface area contributed by atoms with Crippen LogP contribution >= 0.6 is 0 Å². The molecule has 1 aromatic heterocycles. The summed E-state index contributed by atoms with van der Waals surface area (Å²) < 4.78 is 20.4. The maximum Gasteiger partial charge on any atom is 0.244 e. The van der Waals surface area contributed by atoms with E-state index in [1.54, 1.807) is 15.8 Å². The number of hydrogen-bond donors (Lipinski definition) is 1. The minimum absolute atomic E-state index is 0.0299. The van der Waals surface area contributed by atoms with Gasteiger partial charge in [-0.05, 0) is 43.2 Å². The summed E-state index contributed by atoms with van der Waals surface area (Å²) in [6, 6.07) is 5.71. The molecule has 3 rings (SSSR count). The maximum atomic E-state index is 13.0. The lowest BCUT2D eigenvalue weighted by Crippen LogP contribution is -2.35. The van der Waals surface area contributed by atoms with Crippen molar-refractivity contribution in [2.75, 3.05) is 13.1 Å². The molecule has 1 aliphatic rings. The van der Waals surface area contributed by atoms with E-state index in [4.69, 9.17) is 4.74 Å². The third kappa shape index (κ3) is 4.57. The van der Waals surface area contributed by atoms with Crippen molar-refractivity contribution in [3.8, 4) is 5.75 Å². The van der Waals surface area contributed by atoms with Crippen LogP contribution in [0.1, 0.15) is 18.4 Å². The van der Waals surface area contributed by atoms with E-state index in [0.29, 0.717) is 31.7 Å². The third-order valence-corrected chi connectivity index (χ3v) is 4.32. The van der Waals surface area contributed by atoms with Gasteiger partial charge in [-0.2, -0.15) is 5.10 Å². The first-order valence-corrected chi connectivity index (χ1v) is 8.38. The van der Waals surface area contributed by atoms with Gasteiger partial charge in [-0.3, -0.25) is 9.48 Å². The summed E-state index contributed by atoms with van der Waals surface area (Å²) in [6.07, 6.45) is 3.40. The zero-order valence-corrected chi connectivity index (χ0v) is 14.1. The molecule has 6 nitrogen and oxygen atoms in total. The Bertz CT molecular complexity index is 717. The minimum Gasteiger partial charge on any atom is -0.488 e. The molecule has 7 heteroatoms. The first-order valence-electron chi connectivity index (χ1n) is 8.38. The van der Waals surface area contributed by atoms with E-state index >= 15 is 0 Å². The van der Waals surface area contributed by atoms with Crippen molar-refractivity contribution >= 4 is 5.91 Å². The van der Waals surface area contributed by atoms with Crippen LogP contribution in [-0.2, 0) is 11.3 Å². The molecule has 1 fully saturated rings. The van der Waals surface area contributed by atoms with Crippen LogP contribution in [0.4, 0.5) is 4.39 Å². The van der Waals surface area contributed by atoms with Crippen LogP contribution in [0.15, 0.2) is 36.7 Å². The van der Waals surface area contributed by atoms with Crippen molar-refractivity contribution in [1.82, 2.24) is 14.7 Å². The van der Waals surface area contributed by atoms with E-state index in [0.717, 1.165) is 5.56 Å². The van der Waals surface area contributed by atoms with Gasteiger partial charge < -0.3 is 14.7 Å². The predicted octanol–water partition coefficient (Wildman–Crippen LogP) is 1.76. The van der Waals surface area contributed by atoms with E-state index in [2.05, 4.69) is 5.10 Å². The smallest absolute Gasteiger partial charge is 0.244 e. The van der Waals surface area contributed by atoms with E-state index in [1.807, 2.05) is 13.1 Å². The van der Waals surface area contributed by atoms with E-state index in [1.165, 1.54) is 24.3 Å². The Kier molecular flexibility index (Phi) is 5.33. The largest absolute Gasteiger partial charge is 0.488 e. The molecule has 0 unspecified atom stereocenters. The minimum atomic E-state index is -0.671. The summed E-state index contributed by atoms with van der Waals surface area (Å²) >= 11 is 0. The molecule has 1 aliphatic heterocycles. The lowest BCUT2D eigenvalue weighted by Gasteiger charge is -2.22. The zero-order chi connectivity index (χ0) is 17.8. The Morgan fingerprint density at radius 2 is 2.04 bits per heavy atom. The molecule has 1 N–H and O–H groups in total. The molecule has 0 saturated carbocycles. The normalized spacial score (nSPS) is 21.0. The Morgan fingerprint density at radius 3 is 2.72 bits per heavy atom. The fourth-order valence-corrected chi connectivity index (χ4v) is 2.93. The monoisotopic (exact) mass is 347 g/mol. The number of rotatable bonds is 4. The van der Waals surface area contributed by atoms with Crippen molar-refractivity contribution in [2.45, 2.75) is 38.5 Å². The Hall–Kier alpha value is -2.41. The van der Waals surface area contributed by atoms with Gasteiger partial charge in [0.1, 0.15) is 24.2 Å². The number of carbonyl (C=O) groups is 1. The number of ether oxygens (including phenoxy) is 1. The number of aliphatic hydroxyl groups is 1. The summed E-state index contributed by atoms with van der Waals surface area (Å²) in [5.41, 5.74) is 1.01. The van der Waals surface area contributed by atoms with Gasteiger partial charge in [0.05, 0.1) is 12.3 Å². The van der Waals surface area contributed by atoms with Crippen LogP contribution in [-0.4, -0.2) is 51.0 Å². The highest BCUT2D eigenvalue weighted by atomic mass is 19.1. The predicted molar refractivity (Wildman–Crippen MR) is 89.6 cm³/mol. The molecule has 0 spiro atoms. The van der Waals surface area contributed by atoms with E-state index in [9.17, 15) is 14.3 Å². The molecule has 0 aliphatic carbocycles. The molecule has 0 radical (unpaired) electrons. The van der Waals surface area contributed by atoms with Gasteiger partial charge in [0.25, 0.3) is 0 Å². The van der Waals surface area contributed by atoms with Crippen LogP contribution in [0.5, 0.6) is 5.75 Å². The van der Waals surface area contributed by atoms with Gasteiger partial charge in [-0.25, -0.2) is 4.39 Å². The molecule has 2 atom stereocenters. The van der Waals surface area contributed by atoms with Gasteiger partial charge in [0, 0.05) is 25.7 Å². The lowest BCUT2D eigenvalue weighted by molar-refractivity contribution is -0.132. The van der Waals surface area contributed by atoms with E-state index < -0.39 is 12.2 Å². The number of nitrogens with zero attached hydrogens (tertiary/aromatic N) is 3. The van der Waals surface area contributed by atoms with Crippen molar-refractivity contribution in [1.29, 1.82) is 0 Å². The standard InChI is InChI=1S/C18H22FN3O3/c1-13-10-20-22(11-13)12-18(24)21-8-6-16(23)17(7-9-21)25-15-4-2-14(19)3-5-15/h2-5,10-11,16-17,23H,6-9,12H2,1H3/t16-,17-/m0/s1. The van der Waals surface area contributed by atoms with Crippen LogP contribution in [0.25, 0.3) is 0 Å². The molecule has 25 heavy (non-hydrogen) atoms. The maximum absolute atomic E-state index is 13.0. The number of benzene rings is 1. The fourth-order valence-electron chi connectivity index (χ4n) is 2.93. The van der Waals surface area contributed by atoms with Gasteiger partial charge in [-0.1, -0.05) is 0 Å². The van der Waals surface area contributed by atoms with Crippen molar-refractivity contribution < 1.29 is 19.0 Å². The number of aromatic nitrogens is 2. The number of likely N-dealkylation sites (tertiary alicyclic amines) is 1. The quantitative estimate of drug-likeness (QED) is 0.915. The second-order valence-electron chi connectivity index (χ2n) is 6.35. The molecule has 2 heterocycles. The molecular weight excluding hydrogens is 325 g/mol. The number of carbonyl (C=O) groups excluding carboxylic acids is 1. The number of aryl methyl sites for hydroxylation is 1. The van der Waals surface area contributed by atoms with Crippen molar-refractivity contribution in [2.24, 2.45) is 0 Å². The molecule has 2 aromatic rings. The molecule has 134 valence electrons. The summed E-state index contributed by atoms with van der Waals surface area (Å²) in [7, 11) is 0. The summed E-state index contributed by atoms with van der Waals surface area (Å²) in [4.78, 5) is 14.2. The SMILES string of the molecule is Cc1cnn(CC(=O)N2CC[C@H](Oc3ccc(F)cc3)[C@@H](O)CC2)c1. The van der Waals surface area contributed by atoms with Crippen LogP contribution in [0.2, 0.25) is 0 Å². The first-order chi connectivity index (χ1) is 12.0. The summed E-state index contributed by atoms with van der Waals surface area (Å²) in [5, 5.41) is 14.4. The van der Waals surface area contributed by atoms with Crippen LogP contribution < -0.4 is 4.74 Å². The average molecular weight is 347 g/mol. The molecule has 1 saturated heterocycles. The number of halogens is 1. The Balaban J connectivity index is 1.58. The average Bonchev–Trinajstić information content (AvgIpc) is 2.90. The topological polar surface area (TPSA) is 67.6 Å². The Labute approximate surface area is 145 Å². The van der Waals surface area contributed by atoms with E-state index in [-0.39, 0.29) is 18.3 Å². The number of aliphatic hydroxyl groups excluding tert-OH is 1. The highest BCUT2D eigenvalue weighted by Crippen LogP contribution is 2.20. The van der Waals surface area contributed by atoms with Gasteiger partial charge in [0.2, 0.25) is 5.91 Å². The van der Waals surface area contributed by atoms with Gasteiger partial charge >= 0.3 is 0 Å². The highest BCUT2D eigenvalue weighted by Gasteiger charge is 2.28. The van der Waals surface area contributed by atoms with Gasteiger partial charge in [-0.15, -0.1) is 0 Å². The van der Waals surface area contributed by atoms with Crippen LogP contribution in [0.3, 0.4) is 0 Å². The molecular formula is C18H22FN3O3. The molecule has 1 aromatic carbocycles. The van der Waals surface area contributed by atoms with Crippen LogP contribution in [0, 0.1) is 12.7 Å². The molecule has 1 amide bonds. The Morgan fingerprint density at radius 1 is 1.32 bits per heavy atom. The molecule has 0 bridgehead atoms. The summed E-state index contributed by atoms with van der Waals surface area (Å²) in [6.45, 7) is 3.09. The van der Waals surface area contributed by atoms with Crippen molar-refractivity contribution in [3.63, 3.8) is 0 Å². The second-order valence-corrected chi connectivity index (χ2v) is 6.35. The van der Waals surface area contributed by atoms with Gasteiger partial charge in [0.15, 0.2) is 0 Å². The first kappa shape index (κ1) is 17.4. The second kappa shape index (κ2) is 7.65.